The van der Waals surface area contributed by atoms with Gasteiger partial charge >= 0.3 is 0 Å². The number of carbonyl (C=O) groups excluding carboxylic acids is 3. The second-order valence-electron chi connectivity index (χ2n) is 13.3. The fourth-order valence-corrected chi connectivity index (χ4v) is 7.54. The number of ether oxygens (including phenoxy) is 2. The maximum absolute atomic E-state index is 14.5. The van der Waals surface area contributed by atoms with Gasteiger partial charge in [0.15, 0.2) is 0 Å². The number of benzene rings is 1. The van der Waals surface area contributed by atoms with Crippen LogP contribution in [-0.2, 0) is 19.1 Å². The lowest BCUT2D eigenvalue weighted by Crippen LogP contribution is -2.60. The van der Waals surface area contributed by atoms with Gasteiger partial charge in [0.05, 0.1) is 31.2 Å². The first-order valence-corrected chi connectivity index (χ1v) is 14.6. The van der Waals surface area contributed by atoms with Gasteiger partial charge in [-0.2, -0.15) is 0 Å². The van der Waals surface area contributed by atoms with Crippen LogP contribution in [0.25, 0.3) is 0 Å². The monoisotopic (exact) mass is 565 g/mol. The number of amides is 3. The van der Waals surface area contributed by atoms with Crippen molar-refractivity contribution in [2.75, 3.05) is 37.7 Å². The third-order valence-electron chi connectivity index (χ3n) is 8.65. The fourth-order valence-electron chi connectivity index (χ4n) is 7.54. The van der Waals surface area contributed by atoms with E-state index >= 15 is 0 Å². The van der Waals surface area contributed by atoms with Gasteiger partial charge in [0.2, 0.25) is 17.7 Å². The summed E-state index contributed by atoms with van der Waals surface area (Å²) in [5.41, 5.74) is -1.15. The number of fused-ring (bicyclic) bond motifs is 2. The zero-order valence-electron chi connectivity index (χ0n) is 25.0. The molecule has 2 saturated heterocycles. The smallest absolute Gasteiger partial charge is 0.249 e. The van der Waals surface area contributed by atoms with Crippen molar-refractivity contribution in [3.63, 3.8) is 0 Å². The van der Waals surface area contributed by atoms with Crippen LogP contribution in [-0.4, -0.2) is 88.8 Å². The number of aliphatic hydroxyl groups excluding tert-OH is 1. The van der Waals surface area contributed by atoms with Gasteiger partial charge in [0.25, 0.3) is 0 Å². The topological polar surface area (TPSA) is 99.6 Å². The molecule has 1 aromatic carbocycles. The van der Waals surface area contributed by atoms with Crippen LogP contribution in [0.4, 0.5) is 5.69 Å². The van der Waals surface area contributed by atoms with E-state index in [4.69, 9.17) is 9.47 Å². The highest BCUT2D eigenvalue weighted by Gasteiger charge is 2.72. The number of hydrogen-bond donors (Lipinski definition) is 1. The van der Waals surface area contributed by atoms with E-state index in [1.54, 1.807) is 4.90 Å². The number of nitrogens with zero attached hydrogens (tertiary/aromatic N) is 3. The van der Waals surface area contributed by atoms with E-state index in [0.29, 0.717) is 31.1 Å². The molecule has 9 heteroatoms. The third-order valence-corrected chi connectivity index (χ3v) is 8.65. The number of rotatable bonds is 7. The molecule has 0 saturated carbocycles. The summed E-state index contributed by atoms with van der Waals surface area (Å²) in [7, 11) is 0. The SMILES string of the molecule is CCOc1ccc(N2CC=C[C@@H]3O[C@]45C=CCN(C(C)(C)CC(C)(C)C)C(=O)C4N(CCO)C(=O)[C@@H]5[C@@H]3C2=O)cc1. The fraction of sp³-hybridized carbons (Fsp3) is 0.594. The van der Waals surface area contributed by atoms with Crippen molar-refractivity contribution in [3.8, 4) is 5.75 Å². The van der Waals surface area contributed by atoms with Crippen molar-refractivity contribution in [1.29, 1.82) is 0 Å². The maximum atomic E-state index is 14.5. The number of anilines is 1. The molecule has 4 aliphatic heterocycles. The average Bonchev–Trinajstić information content (AvgIpc) is 3.18. The summed E-state index contributed by atoms with van der Waals surface area (Å²) < 4.78 is 12.3. The molecule has 4 heterocycles. The maximum Gasteiger partial charge on any atom is 0.249 e. The number of β-amino-alcohol motifs (C(OH)–C–C–N with tert-alkyl or cyclic N) is 1. The molecule has 222 valence electrons. The normalized spacial score (nSPS) is 29.8. The molecule has 5 rings (SSSR count). The van der Waals surface area contributed by atoms with E-state index in [0.717, 1.165) is 6.42 Å². The Morgan fingerprint density at radius 3 is 2.34 bits per heavy atom. The minimum atomic E-state index is -1.31. The zero-order chi connectivity index (χ0) is 29.7. The van der Waals surface area contributed by atoms with Crippen LogP contribution in [0.2, 0.25) is 0 Å². The Morgan fingerprint density at radius 1 is 1.00 bits per heavy atom. The van der Waals surface area contributed by atoms with Gasteiger partial charge in [0.1, 0.15) is 17.4 Å². The molecule has 1 spiro atoms. The predicted octanol–water partition coefficient (Wildman–Crippen LogP) is 3.17. The van der Waals surface area contributed by atoms with Gasteiger partial charge in [-0.05, 0) is 56.9 Å². The van der Waals surface area contributed by atoms with Crippen molar-refractivity contribution in [2.45, 2.75) is 71.2 Å². The summed E-state index contributed by atoms with van der Waals surface area (Å²) >= 11 is 0. The third kappa shape index (κ3) is 4.97. The highest BCUT2D eigenvalue weighted by molar-refractivity contribution is 6.04. The van der Waals surface area contributed by atoms with Gasteiger partial charge in [0, 0.05) is 30.9 Å². The van der Waals surface area contributed by atoms with Gasteiger partial charge in [-0.1, -0.05) is 45.1 Å². The predicted molar refractivity (Wildman–Crippen MR) is 155 cm³/mol. The first kappa shape index (κ1) is 29.3. The number of carbonyl (C=O) groups is 3. The second kappa shape index (κ2) is 10.6. The molecule has 1 N–H and O–H groups in total. The van der Waals surface area contributed by atoms with Crippen LogP contribution < -0.4 is 9.64 Å². The molecule has 9 nitrogen and oxygen atoms in total. The molecule has 0 aromatic heterocycles. The number of aliphatic hydroxyl groups is 1. The van der Waals surface area contributed by atoms with Crippen molar-refractivity contribution in [3.05, 3.63) is 48.6 Å². The Hall–Kier alpha value is -3.17. The van der Waals surface area contributed by atoms with Crippen LogP contribution >= 0.6 is 0 Å². The molecule has 0 radical (unpaired) electrons. The average molecular weight is 566 g/mol. The molecular formula is C32H43N3O6. The Morgan fingerprint density at radius 2 is 1.71 bits per heavy atom. The van der Waals surface area contributed by atoms with Crippen LogP contribution in [0.15, 0.2) is 48.6 Å². The molecule has 1 unspecified atom stereocenters. The molecular weight excluding hydrogens is 522 g/mol. The molecule has 4 aliphatic rings. The van der Waals surface area contributed by atoms with Crippen molar-refractivity contribution in [2.24, 2.45) is 17.3 Å². The molecule has 41 heavy (non-hydrogen) atoms. The Labute approximate surface area is 242 Å². The standard InChI is InChI=1S/C32H43N3O6/c1-7-40-22-13-11-21(12-14-22)33-16-8-10-23-24(27(33)37)25-28(38)34(18-19-36)26-29(39)35(17-9-15-32(25,26)41-23)31(5,6)20-30(2,3)4/h8-15,23-26,36H,7,16-20H2,1-6H3/t23-,24+,25-,26?,32-/m0/s1. The summed E-state index contributed by atoms with van der Waals surface area (Å²) in [5.74, 6) is -1.77. The zero-order valence-corrected chi connectivity index (χ0v) is 25.0. The van der Waals surface area contributed by atoms with Crippen LogP contribution in [0.3, 0.4) is 0 Å². The van der Waals surface area contributed by atoms with E-state index in [2.05, 4.69) is 20.8 Å². The highest BCUT2D eigenvalue weighted by Crippen LogP contribution is 2.54. The summed E-state index contributed by atoms with van der Waals surface area (Å²) in [6.45, 7) is 13.4. The van der Waals surface area contributed by atoms with Gasteiger partial charge < -0.3 is 29.3 Å². The lowest BCUT2D eigenvalue weighted by atomic mass is 9.77. The number of likely N-dealkylation sites (tertiary alicyclic amines) is 1. The van der Waals surface area contributed by atoms with Gasteiger partial charge in [-0.3, -0.25) is 14.4 Å². The van der Waals surface area contributed by atoms with E-state index in [1.807, 2.05) is 74.2 Å². The lowest BCUT2D eigenvalue weighted by molar-refractivity contribution is -0.152. The van der Waals surface area contributed by atoms with Crippen molar-refractivity contribution >= 4 is 23.4 Å². The second-order valence-corrected chi connectivity index (χ2v) is 13.3. The van der Waals surface area contributed by atoms with Crippen molar-refractivity contribution < 1.29 is 29.0 Å². The largest absolute Gasteiger partial charge is 0.494 e. The Bertz CT molecular complexity index is 1250. The molecule has 2 fully saturated rings. The molecule has 1 aromatic rings. The van der Waals surface area contributed by atoms with Crippen molar-refractivity contribution in [1.82, 2.24) is 9.80 Å². The van der Waals surface area contributed by atoms with Gasteiger partial charge in [-0.15, -0.1) is 0 Å². The molecule has 3 amide bonds. The number of hydrogen-bond acceptors (Lipinski definition) is 6. The minimum absolute atomic E-state index is 0.0117. The summed E-state index contributed by atoms with van der Waals surface area (Å²) in [4.78, 5) is 47.8. The van der Waals surface area contributed by atoms with E-state index in [-0.39, 0.29) is 36.3 Å². The molecule has 5 atom stereocenters. The lowest BCUT2D eigenvalue weighted by Gasteiger charge is -2.44. The Balaban J connectivity index is 1.54. The minimum Gasteiger partial charge on any atom is -0.494 e. The first-order valence-electron chi connectivity index (χ1n) is 14.6. The molecule has 0 aliphatic carbocycles. The van der Waals surface area contributed by atoms with E-state index in [1.165, 1.54) is 4.90 Å². The highest BCUT2D eigenvalue weighted by atomic mass is 16.5. The van der Waals surface area contributed by atoms with E-state index < -0.39 is 35.1 Å². The van der Waals surface area contributed by atoms with Crippen LogP contribution in [0.1, 0.15) is 48.0 Å². The summed E-state index contributed by atoms with van der Waals surface area (Å²) in [6.07, 6.45) is 7.60. The van der Waals surface area contributed by atoms with Gasteiger partial charge in [-0.25, -0.2) is 0 Å². The summed E-state index contributed by atoms with van der Waals surface area (Å²) in [6, 6.07) is 6.35. The van der Waals surface area contributed by atoms with Crippen LogP contribution in [0, 0.1) is 17.3 Å². The quantitative estimate of drug-likeness (QED) is 0.510. The van der Waals surface area contributed by atoms with E-state index in [9.17, 15) is 19.5 Å². The molecule has 0 bridgehead atoms. The Kier molecular flexibility index (Phi) is 7.57. The van der Waals surface area contributed by atoms with Crippen LogP contribution in [0.5, 0.6) is 5.75 Å². The first-order chi connectivity index (χ1) is 19.3. The summed E-state index contributed by atoms with van der Waals surface area (Å²) in [5, 5.41) is 9.94.